The van der Waals surface area contributed by atoms with Gasteiger partial charge in [0.2, 0.25) is 5.91 Å². The summed E-state index contributed by atoms with van der Waals surface area (Å²) in [5, 5.41) is 0. The number of nitrogens with zero attached hydrogens (tertiary/aromatic N) is 4. The van der Waals surface area contributed by atoms with Crippen molar-refractivity contribution in [2.45, 2.75) is 13.5 Å². The van der Waals surface area contributed by atoms with Crippen molar-refractivity contribution >= 4 is 11.6 Å². The second kappa shape index (κ2) is 6.69. The molecule has 5 heteroatoms. The van der Waals surface area contributed by atoms with Crippen molar-refractivity contribution in [2.24, 2.45) is 0 Å². The van der Waals surface area contributed by atoms with Gasteiger partial charge in [0.15, 0.2) is 0 Å². The van der Waals surface area contributed by atoms with Crippen LogP contribution >= 0.6 is 0 Å². The number of aromatic nitrogens is 2. The number of pyridine rings is 1. The Bertz CT molecular complexity index is 893. The lowest BCUT2D eigenvalue weighted by atomic mass is 10.1. The van der Waals surface area contributed by atoms with Gasteiger partial charge >= 0.3 is 0 Å². The van der Waals surface area contributed by atoms with Gasteiger partial charge in [0.1, 0.15) is 5.65 Å². The summed E-state index contributed by atoms with van der Waals surface area (Å²) in [6.45, 7) is 6.07. The number of hydrogen-bond acceptors (Lipinski definition) is 3. The third-order valence-electron chi connectivity index (χ3n) is 4.87. The Balaban J connectivity index is 1.53. The van der Waals surface area contributed by atoms with E-state index in [2.05, 4.69) is 44.6 Å². The van der Waals surface area contributed by atoms with Crippen molar-refractivity contribution < 1.29 is 4.79 Å². The third-order valence-corrected chi connectivity index (χ3v) is 4.87. The summed E-state index contributed by atoms with van der Waals surface area (Å²) in [5.41, 5.74) is 4.61. The molecule has 1 aliphatic heterocycles. The predicted molar refractivity (Wildman–Crippen MR) is 98.2 cm³/mol. The van der Waals surface area contributed by atoms with Crippen LogP contribution in [-0.2, 0) is 11.3 Å². The van der Waals surface area contributed by atoms with E-state index in [0.717, 1.165) is 44.1 Å². The minimum absolute atomic E-state index is 0.176. The first-order valence-corrected chi connectivity index (χ1v) is 8.70. The second-order valence-corrected chi connectivity index (χ2v) is 6.55. The molecular weight excluding hydrogens is 312 g/mol. The van der Waals surface area contributed by atoms with Gasteiger partial charge in [0.25, 0.3) is 0 Å². The van der Waals surface area contributed by atoms with Crippen LogP contribution in [0.1, 0.15) is 12.5 Å². The summed E-state index contributed by atoms with van der Waals surface area (Å²) >= 11 is 0. The van der Waals surface area contributed by atoms with Crippen molar-refractivity contribution in [3.63, 3.8) is 0 Å². The van der Waals surface area contributed by atoms with Gasteiger partial charge in [-0.1, -0.05) is 24.3 Å². The molecule has 3 heterocycles. The van der Waals surface area contributed by atoms with Crippen molar-refractivity contribution in [3.05, 3.63) is 60.4 Å². The number of benzene rings is 1. The van der Waals surface area contributed by atoms with Gasteiger partial charge in [0.05, 0.1) is 5.69 Å². The molecule has 1 amide bonds. The number of rotatable bonds is 3. The lowest BCUT2D eigenvalue weighted by Gasteiger charge is -2.34. The van der Waals surface area contributed by atoms with Crippen LogP contribution in [-0.4, -0.2) is 51.3 Å². The predicted octanol–water partition coefficient (Wildman–Crippen LogP) is 2.67. The standard InChI is InChI=1S/C20H22N4O/c1-16(25)23-12-10-22(11-13-23)15-17-4-2-5-18(14-17)19-6-3-7-20-21-8-9-24(19)20/h2-9,14H,10-13,15H2,1H3. The topological polar surface area (TPSA) is 40.9 Å². The zero-order valence-electron chi connectivity index (χ0n) is 14.4. The van der Waals surface area contributed by atoms with Gasteiger partial charge in [-0.15, -0.1) is 0 Å². The minimum Gasteiger partial charge on any atom is -0.340 e. The number of hydrogen-bond donors (Lipinski definition) is 0. The fraction of sp³-hybridized carbons (Fsp3) is 0.300. The van der Waals surface area contributed by atoms with Gasteiger partial charge in [-0.25, -0.2) is 4.98 Å². The molecular formula is C20H22N4O. The number of amides is 1. The zero-order valence-corrected chi connectivity index (χ0v) is 14.4. The van der Waals surface area contributed by atoms with Crippen molar-refractivity contribution in [1.82, 2.24) is 19.2 Å². The number of carbonyl (C=O) groups is 1. The average Bonchev–Trinajstić information content (AvgIpc) is 3.11. The van der Waals surface area contributed by atoms with Crippen LogP contribution in [0.25, 0.3) is 16.9 Å². The molecule has 25 heavy (non-hydrogen) atoms. The molecule has 3 aromatic rings. The Morgan fingerprint density at radius 2 is 1.88 bits per heavy atom. The van der Waals surface area contributed by atoms with E-state index in [9.17, 15) is 4.79 Å². The van der Waals surface area contributed by atoms with Gasteiger partial charge in [0, 0.05) is 52.0 Å². The van der Waals surface area contributed by atoms with Crippen LogP contribution in [0.4, 0.5) is 0 Å². The SMILES string of the molecule is CC(=O)N1CCN(Cc2cccc(-c3cccc4nccn34)c2)CC1. The van der Waals surface area contributed by atoms with E-state index in [1.807, 2.05) is 29.4 Å². The molecule has 0 unspecified atom stereocenters. The van der Waals surface area contributed by atoms with Gasteiger partial charge in [-0.3, -0.25) is 14.1 Å². The highest BCUT2D eigenvalue weighted by Gasteiger charge is 2.18. The average molecular weight is 334 g/mol. The summed E-state index contributed by atoms with van der Waals surface area (Å²) < 4.78 is 2.12. The maximum atomic E-state index is 11.5. The summed E-state index contributed by atoms with van der Waals surface area (Å²) in [6.07, 6.45) is 3.83. The lowest BCUT2D eigenvalue weighted by Crippen LogP contribution is -2.47. The smallest absolute Gasteiger partial charge is 0.219 e. The molecule has 1 aliphatic rings. The molecule has 1 aromatic carbocycles. The largest absolute Gasteiger partial charge is 0.340 e. The molecule has 0 spiro atoms. The molecule has 0 N–H and O–H groups in total. The Hall–Kier alpha value is -2.66. The molecule has 4 rings (SSSR count). The fourth-order valence-electron chi connectivity index (χ4n) is 3.49. The van der Waals surface area contributed by atoms with Crippen molar-refractivity contribution in [2.75, 3.05) is 26.2 Å². The Morgan fingerprint density at radius 1 is 1.08 bits per heavy atom. The van der Waals surface area contributed by atoms with Crippen LogP contribution < -0.4 is 0 Å². The summed E-state index contributed by atoms with van der Waals surface area (Å²) in [7, 11) is 0. The number of carbonyl (C=O) groups excluding carboxylic acids is 1. The van der Waals surface area contributed by atoms with Crippen LogP contribution in [0.3, 0.4) is 0 Å². The molecule has 1 saturated heterocycles. The summed E-state index contributed by atoms with van der Waals surface area (Å²) in [6, 6.07) is 14.9. The molecule has 128 valence electrons. The molecule has 0 radical (unpaired) electrons. The Morgan fingerprint density at radius 3 is 2.68 bits per heavy atom. The third kappa shape index (κ3) is 3.28. The first kappa shape index (κ1) is 15.8. The van der Waals surface area contributed by atoms with Crippen LogP contribution in [0.15, 0.2) is 54.9 Å². The molecule has 0 aliphatic carbocycles. The van der Waals surface area contributed by atoms with E-state index in [4.69, 9.17) is 0 Å². The van der Waals surface area contributed by atoms with Gasteiger partial charge in [-0.2, -0.15) is 0 Å². The summed E-state index contributed by atoms with van der Waals surface area (Å²) in [5.74, 6) is 0.176. The highest BCUT2D eigenvalue weighted by molar-refractivity contribution is 5.73. The van der Waals surface area contributed by atoms with E-state index in [-0.39, 0.29) is 5.91 Å². The lowest BCUT2D eigenvalue weighted by molar-refractivity contribution is -0.130. The van der Waals surface area contributed by atoms with Crippen LogP contribution in [0.5, 0.6) is 0 Å². The Kier molecular flexibility index (Phi) is 4.24. The highest BCUT2D eigenvalue weighted by Crippen LogP contribution is 2.22. The second-order valence-electron chi connectivity index (χ2n) is 6.55. The van der Waals surface area contributed by atoms with Gasteiger partial charge < -0.3 is 4.90 Å². The van der Waals surface area contributed by atoms with E-state index in [0.29, 0.717) is 0 Å². The molecule has 2 aromatic heterocycles. The van der Waals surface area contributed by atoms with E-state index in [1.165, 1.54) is 11.1 Å². The van der Waals surface area contributed by atoms with Crippen LogP contribution in [0, 0.1) is 0 Å². The molecule has 0 saturated carbocycles. The number of imidazole rings is 1. The van der Waals surface area contributed by atoms with Gasteiger partial charge in [-0.05, 0) is 29.3 Å². The fourth-order valence-corrected chi connectivity index (χ4v) is 3.49. The maximum absolute atomic E-state index is 11.5. The first-order valence-electron chi connectivity index (χ1n) is 8.70. The number of fused-ring (bicyclic) bond motifs is 1. The van der Waals surface area contributed by atoms with E-state index >= 15 is 0 Å². The van der Waals surface area contributed by atoms with E-state index < -0.39 is 0 Å². The van der Waals surface area contributed by atoms with Crippen molar-refractivity contribution in [1.29, 1.82) is 0 Å². The summed E-state index contributed by atoms with van der Waals surface area (Å²) in [4.78, 5) is 20.2. The van der Waals surface area contributed by atoms with Crippen molar-refractivity contribution in [3.8, 4) is 11.3 Å². The molecule has 5 nitrogen and oxygen atoms in total. The zero-order chi connectivity index (χ0) is 17.2. The molecule has 0 atom stereocenters. The maximum Gasteiger partial charge on any atom is 0.219 e. The highest BCUT2D eigenvalue weighted by atomic mass is 16.2. The Labute approximate surface area is 147 Å². The van der Waals surface area contributed by atoms with E-state index in [1.54, 1.807) is 6.92 Å². The normalized spacial score (nSPS) is 15.6. The minimum atomic E-state index is 0.176. The molecule has 0 bridgehead atoms. The number of piperazine rings is 1. The van der Waals surface area contributed by atoms with Crippen LogP contribution in [0.2, 0.25) is 0 Å². The monoisotopic (exact) mass is 334 g/mol. The first-order chi connectivity index (χ1) is 12.2. The quantitative estimate of drug-likeness (QED) is 0.739. The molecule has 1 fully saturated rings.